The minimum Gasteiger partial charge on any atom is -0.507 e. The summed E-state index contributed by atoms with van der Waals surface area (Å²) in [5, 5.41) is 34.5. The monoisotopic (exact) mass is 738 g/mol. The predicted molar refractivity (Wildman–Crippen MR) is 217 cm³/mol. The number of aliphatic hydroxyl groups is 1. The zero-order valence-electron chi connectivity index (χ0n) is 31.3. The van der Waals surface area contributed by atoms with E-state index in [1.165, 1.54) is 42.2 Å². The van der Waals surface area contributed by atoms with E-state index < -0.39 is 6.23 Å². The van der Waals surface area contributed by atoms with Crippen molar-refractivity contribution in [2.45, 2.75) is 70.2 Å². The maximum atomic E-state index is 11.9. The van der Waals surface area contributed by atoms with E-state index in [0.29, 0.717) is 29.9 Å². The number of aromatic hydroxyl groups is 1. The number of amides is 1. The first-order valence-electron chi connectivity index (χ1n) is 19.7. The average Bonchev–Trinajstić information content (AvgIpc) is 3.54. The number of nitrogen functional groups attached to an aromatic ring is 1. The summed E-state index contributed by atoms with van der Waals surface area (Å²) in [6, 6.07) is 27.8. The summed E-state index contributed by atoms with van der Waals surface area (Å²) < 4.78 is 2.14. The Morgan fingerprint density at radius 3 is 2.38 bits per heavy atom. The average molecular weight is 739 g/mol. The molecular weight excluding hydrogens is 689 g/mol. The predicted octanol–water partition coefficient (Wildman–Crippen LogP) is 6.68. The maximum absolute atomic E-state index is 11.9. The first kappa shape index (κ1) is 36.6. The molecule has 11 nitrogen and oxygen atoms in total. The molecule has 0 radical (unpaired) electrons. The number of rotatable bonds is 13. The van der Waals surface area contributed by atoms with Crippen LogP contribution in [0.3, 0.4) is 0 Å². The largest absolute Gasteiger partial charge is 0.507 e. The molecule has 2 saturated heterocycles. The van der Waals surface area contributed by atoms with Crippen LogP contribution in [-0.4, -0.2) is 84.6 Å². The molecular formula is C44H50N8O3. The standard InChI is InChI=1S/C44H50N8O3/c45-42-35(28-36(48-49-42)33-11-6-8-14-39(33)53)31-17-15-30(16-18-31)29-51-26-24-50(25-27-51)23-9-3-1-2-4-10-32-21-22-46-43-41(32)34-12-5-7-13-37(34)52(43)38-19-20-40(54)47-44(38)55/h5-8,11-18,21-22,28,38,44,53,55H,1-4,9-10,19-20,23-27,29H2,(H2,45,49)(H,47,54). The van der Waals surface area contributed by atoms with Crippen molar-refractivity contribution in [3.63, 3.8) is 0 Å². The number of unbranched alkanes of at least 4 members (excludes halogenated alkanes) is 4. The highest BCUT2D eigenvalue weighted by molar-refractivity contribution is 6.08. The molecule has 2 fully saturated rings. The van der Waals surface area contributed by atoms with Crippen LogP contribution >= 0.6 is 0 Å². The van der Waals surface area contributed by atoms with E-state index in [1.54, 1.807) is 12.1 Å². The summed E-state index contributed by atoms with van der Waals surface area (Å²) in [7, 11) is 0. The number of carbonyl (C=O) groups is 1. The normalized spacial score (nSPS) is 18.2. The van der Waals surface area contributed by atoms with Gasteiger partial charge in [-0.2, -0.15) is 0 Å². The minimum absolute atomic E-state index is 0.106. The van der Waals surface area contributed by atoms with Gasteiger partial charge in [0.1, 0.15) is 17.6 Å². The number of anilines is 1. The lowest BCUT2D eigenvalue weighted by molar-refractivity contribution is -0.128. The zero-order chi connectivity index (χ0) is 37.7. The first-order chi connectivity index (χ1) is 26.9. The second kappa shape index (κ2) is 16.6. The van der Waals surface area contributed by atoms with Crippen LogP contribution in [0, 0.1) is 0 Å². The van der Waals surface area contributed by atoms with Crippen LogP contribution in [0.2, 0.25) is 0 Å². The number of carbonyl (C=O) groups excluding carboxylic acids is 1. The SMILES string of the molecule is Nc1nnc(-c2ccccc2O)cc1-c1ccc(CN2CCN(CCCCCCCc3ccnc4c3c3ccccc3n4C3CCC(=O)NC3O)CC2)cc1. The molecule has 0 aliphatic carbocycles. The molecule has 0 spiro atoms. The molecule has 1 amide bonds. The Balaban J connectivity index is 0.773. The van der Waals surface area contributed by atoms with Gasteiger partial charge in [0.05, 0.1) is 17.3 Å². The van der Waals surface area contributed by atoms with Gasteiger partial charge in [0, 0.05) is 67.2 Å². The Kier molecular flexibility index (Phi) is 11.0. The van der Waals surface area contributed by atoms with Crippen LogP contribution in [0.5, 0.6) is 5.75 Å². The number of hydrogen-bond acceptors (Lipinski definition) is 9. The Labute approximate surface area is 321 Å². The van der Waals surface area contributed by atoms with Gasteiger partial charge in [0.15, 0.2) is 5.82 Å². The molecule has 2 atom stereocenters. The van der Waals surface area contributed by atoms with Crippen LogP contribution in [0.15, 0.2) is 91.1 Å². The number of piperazine rings is 1. The van der Waals surface area contributed by atoms with Crippen LogP contribution in [0.25, 0.3) is 44.3 Å². The number of nitrogens with one attached hydrogen (secondary N) is 1. The molecule has 5 heterocycles. The number of hydrogen-bond donors (Lipinski definition) is 4. The summed E-state index contributed by atoms with van der Waals surface area (Å²) in [6.07, 6.45) is 8.99. The molecule has 55 heavy (non-hydrogen) atoms. The van der Waals surface area contributed by atoms with Gasteiger partial charge in [-0.25, -0.2) is 4.98 Å². The van der Waals surface area contributed by atoms with Crippen LogP contribution in [0.1, 0.15) is 62.1 Å². The Hall–Kier alpha value is -5.36. The molecule has 5 N–H and O–H groups in total. The van der Waals surface area contributed by atoms with Gasteiger partial charge in [-0.3, -0.25) is 9.69 Å². The second-order valence-electron chi connectivity index (χ2n) is 15.1. The topological polar surface area (TPSA) is 146 Å². The number of aryl methyl sites for hydroxylation is 1. The van der Waals surface area contributed by atoms with E-state index in [1.807, 2.05) is 30.5 Å². The number of piperidine rings is 1. The van der Waals surface area contributed by atoms with Gasteiger partial charge < -0.3 is 30.7 Å². The summed E-state index contributed by atoms with van der Waals surface area (Å²) in [6.45, 7) is 6.41. The third-order valence-electron chi connectivity index (χ3n) is 11.4. The van der Waals surface area contributed by atoms with E-state index >= 15 is 0 Å². The van der Waals surface area contributed by atoms with Crippen LogP contribution in [0.4, 0.5) is 5.82 Å². The molecule has 3 aromatic heterocycles. The molecule has 0 saturated carbocycles. The second-order valence-corrected chi connectivity index (χ2v) is 15.1. The summed E-state index contributed by atoms with van der Waals surface area (Å²) >= 11 is 0. The Bertz CT molecular complexity index is 2260. The molecule has 3 aromatic carbocycles. The van der Waals surface area contributed by atoms with Crippen molar-refractivity contribution in [2.75, 3.05) is 38.5 Å². The van der Waals surface area contributed by atoms with E-state index in [4.69, 9.17) is 10.7 Å². The van der Waals surface area contributed by atoms with Gasteiger partial charge in [-0.05, 0) is 79.3 Å². The summed E-state index contributed by atoms with van der Waals surface area (Å²) in [5.74, 6) is 0.425. The number of para-hydroxylation sites is 2. The highest BCUT2D eigenvalue weighted by Crippen LogP contribution is 2.37. The van der Waals surface area contributed by atoms with Crippen molar-refractivity contribution in [1.29, 1.82) is 0 Å². The summed E-state index contributed by atoms with van der Waals surface area (Å²) in [4.78, 5) is 21.8. The number of aliphatic hydroxyl groups excluding tert-OH is 1. The number of phenols is 1. The molecule has 2 unspecified atom stereocenters. The fourth-order valence-electron chi connectivity index (χ4n) is 8.41. The third-order valence-corrected chi connectivity index (χ3v) is 11.4. The van der Waals surface area contributed by atoms with Crippen LogP contribution < -0.4 is 11.1 Å². The maximum Gasteiger partial charge on any atom is 0.222 e. The van der Waals surface area contributed by atoms with Gasteiger partial charge in [-0.15, -0.1) is 10.2 Å². The molecule has 8 rings (SSSR count). The van der Waals surface area contributed by atoms with E-state index in [-0.39, 0.29) is 17.7 Å². The van der Waals surface area contributed by atoms with Gasteiger partial charge in [0.25, 0.3) is 0 Å². The van der Waals surface area contributed by atoms with Gasteiger partial charge in [0.2, 0.25) is 5.91 Å². The lowest BCUT2D eigenvalue weighted by Crippen LogP contribution is -2.46. The van der Waals surface area contributed by atoms with E-state index in [0.717, 1.165) is 79.8 Å². The number of fused-ring (bicyclic) bond motifs is 3. The molecule has 2 aliphatic rings. The minimum atomic E-state index is -0.926. The highest BCUT2D eigenvalue weighted by atomic mass is 16.3. The molecule has 2 aliphatic heterocycles. The van der Waals surface area contributed by atoms with Crippen molar-refractivity contribution in [2.24, 2.45) is 0 Å². The highest BCUT2D eigenvalue weighted by Gasteiger charge is 2.31. The lowest BCUT2D eigenvalue weighted by Gasteiger charge is -2.34. The number of nitrogens with two attached hydrogens (primary N) is 1. The Morgan fingerprint density at radius 1 is 0.818 bits per heavy atom. The number of aromatic nitrogens is 4. The van der Waals surface area contributed by atoms with Crippen LogP contribution in [-0.2, 0) is 17.8 Å². The van der Waals surface area contributed by atoms with Gasteiger partial charge in [-0.1, -0.05) is 73.9 Å². The summed E-state index contributed by atoms with van der Waals surface area (Å²) in [5.41, 5.74) is 13.7. The fraction of sp³-hybridized carbons (Fsp3) is 0.364. The first-order valence-corrected chi connectivity index (χ1v) is 19.7. The number of benzene rings is 3. The van der Waals surface area contributed by atoms with Crippen molar-refractivity contribution in [3.05, 3.63) is 102 Å². The van der Waals surface area contributed by atoms with Crippen molar-refractivity contribution < 1.29 is 15.0 Å². The van der Waals surface area contributed by atoms with Crippen molar-refractivity contribution >= 4 is 33.7 Å². The molecule has 11 heteroatoms. The smallest absolute Gasteiger partial charge is 0.222 e. The zero-order valence-corrected chi connectivity index (χ0v) is 31.3. The molecule has 284 valence electrons. The number of pyridine rings is 1. The molecule has 0 bridgehead atoms. The number of nitrogens with zero attached hydrogens (tertiary/aromatic N) is 6. The van der Waals surface area contributed by atoms with Gasteiger partial charge >= 0.3 is 0 Å². The quantitative estimate of drug-likeness (QED) is 0.0954. The third kappa shape index (κ3) is 8.05. The Morgan fingerprint density at radius 2 is 1.56 bits per heavy atom. The lowest BCUT2D eigenvalue weighted by atomic mass is 10.0. The molecule has 6 aromatic rings. The van der Waals surface area contributed by atoms with Crippen molar-refractivity contribution in [3.8, 4) is 28.1 Å². The van der Waals surface area contributed by atoms with E-state index in [9.17, 15) is 15.0 Å². The number of phenolic OH excluding ortho intramolecular Hbond substituents is 1. The fourth-order valence-corrected chi connectivity index (χ4v) is 8.41. The van der Waals surface area contributed by atoms with Crippen molar-refractivity contribution in [1.82, 2.24) is 34.9 Å². The van der Waals surface area contributed by atoms with E-state index in [2.05, 4.69) is 78.4 Å².